The van der Waals surface area contributed by atoms with E-state index in [0.717, 1.165) is 15.4 Å². The Bertz CT molecular complexity index is 1780. The number of sulfonamides is 1. The molecule has 4 aromatic carbocycles. The first kappa shape index (κ1) is 34.7. The minimum Gasteiger partial charge on any atom is -0.350 e. The van der Waals surface area contributed by atoms with Gasteiger partial charge in [-0.05, 0) is 87.7 Å². The number of benzene rings is 4. The van der Waals surface area contributed by atoms with E-state index < -0.39 is 45.8 Å². The standard InChI is InChI=1S/C36H39ClFN3O4S/c1-25-14-20-30(21-15-25)46(44,45)41(32-13-9-12-31(37)26(32)2)24-34(42)40(23-28-16-18-29(38)19-17-28)33(35(43)39-36(3,4)5)22-27-10-7-6-8-11-27/h6-21,33H,22-24H2,1-5H3,(H,39,43)/t33-/m0/s1. The van der Waals surface area contributed by atoms with Crippen molar-refractivity contribution in [3.05, 3.63) is 130 Å². The molecule has 0 aliphatic rings. The summed E-state index contributed by atoms with van der Waals surface area (Å²) in [5.74, 6) is -1.47. The van der Waals surface area contributed by atoms with Crippen LogP contribution in [0.25, 0.3) is 0 Å². The average Bonchev–Trinajstić information content (AvgIpc) is 3.00. The lowest BCUT2D eigenvalue weighted by Crippen LogP contribution is -2.56. The summed E-state index contributed by atoms with van der Waals surface area (Å²) in [5, 5.41) is 3.33. The molecule has 242 valence electrons. The molecule has 1 atom stereocenters. The van der Waals surface area contributed by atoms with Crippen LogP contribution in [0.3, 0.4) is 0 Å². The van der Waals surface area contributed by atoms with Gasteiger partial charge in [-0.25, -0.2) is 12.8 Å². The van der Waals surface area contributed by atoms with Crippen molar-refractivity contribution >= 4 is 39.1 Å². The van der Waals surface area contributed by atoms with E-state index in [4.69, 9.17) is 11.6 Å². The fourth-order valence-corrected chi connectivity index (χ4v) is 6.65. The fourth-order valence-electron chi connectivity index (χ4n) is 5.01. The number of nitrogens with one attached hydrogen (secondary N) is 1. The summed E-state index contributed by atoms with van der Waals surface area (Å²) in [5.41, 5.74) is 2.35. The molecule has 0 heterocycles. The van der Waals surface area contributed by atoms with E-state index >= 15 is 0 Å². The van der Waals surface area contributed by atoms with E-state index in [-0.39, 0.29) is 23.5 Å². The number of carbonyl (C=O) groups is 2. The number of rotatable bonds is 11. The smallest absolute Gasteiger partial charge is 0.264 e. The van der Waals surface area contributed by atoms with Crippen LogP contribution in [0, 0.1) is 19.7 Å². The van der Waals surface area contributed by atoms with E-state index in [1.165, 1.54) is 29.2 Å². The van der Waals surface area contributed by atoms with Gasteiger partial charge in [0.1, 0.15) is 18.4 Å². The quantitative estimate of drug-likeness (QED) is 0.190. The van der Waals surface area contributed by atoms with Gasteiger partial charge in [-0.1, -0.05) is 77.8 Å². The number of hydrogen-bond acceptors (Lipinski definition) is 4. The summed E-state index contributed by atoms with van der Waals surface area (Å²) < 4.78 is 43.4. The number of anilines is 1. The van der Waals surface area contributed by atoms with Crippen molar-refractivity contribution in [1.29, 1.82) is 0 Å². The third kappa shape index (κ3) is 8.73. The van der Waals surface area contributed by atoms with Crippen molar-refractivity contribution in [3.63, 3.8) is 0 Å². The van der Waals surface area contributed by atoms with Crippen LogP contribution in [0.5, 0.6) is 0 Å². The topological polar surface area (TPSA) is 86.8 Å². The number of amides is 2. The molecule has 1 N–H and O–H groups in total. The molecule has 0 bridgehead atoms. The second-order valence-electron chi connectivity index (χ2n) is 12.3. The fraction of sp³-hybridized carbons (Fsp3) is 0.278. The Labute approximate surface area is 276 Å². The first-order valence-corrected chi connectivity index (χ1v) is 16.7. The summed E-state index contributed by atoms with van der Waals surface area (Å²) in [6.07, 6.45) is 0.163. The van der Waals surface area contributed by atoms with E-state index in [9.17, 15) is 22.4 Å². The molecule has 0 saturated heterocycles. The molecule has 0 fully saturated rings. The molecular weight excluding hydrogens is 625 g/mol. The highest BCUT2D eigenvalue weighted by atomic mass is 35.5. The van der Waals surface area contributed by atoms with Crippen LogP contribution in [0.4, 0.5) is 10.1 Å². The van der Waals surface area contributed by atoms with E-state index in [0.29, 0.717) is 16.1 Å². The molecule has 10 heteroatoms. The number of halogens is 2. The van der Waals surface area contributed by atoms with Gasteiger partial charge in [-0.2, -0.15) is 0 Å². The molecule has 4 aromatic rings. The first-order chi connectivity index (χ1) is 21.7. The highest BCUT2D eigenvalue weighted by Gasteiger charge is 2.36. The molecule has 0 spiro atoms. The van der Waals surface area contributed by atoms with Gasteiger partial charge in [-0.15, -0.1) is 0 Å². The summed E-state index contributed by atoms with van der Waals surface area (Å²) >= 11 is 6.44. The lowest BCUT2D eigenvalue weighted by molar-refractivity contribution is -0.140. The van der Waals surface area contributed by atoms with Gasteiger partial charge in [-0.3, -0.25) is 13.9 Å². The Kier molecular flexibility index (Phi) is 10.9. The Morgan fingerprint density at radius 1 is 0.848 bits per heavy atom. The third-order valence-electron chi connectivity index (χ3n) is 7.43. The average molecular weight is 664 g/mol. The monoisotopic (exact) mass is 663 g/mol. The van der Waals surface area contributed by atoms with Gasteiger partial charge in [0.2, 0.25) is 11.8 Å². The molecule has 2 amide bonds. The van der Waals surface area contributed by atoms with Crippen LogP contribution in [0.2, 0.25) is 5.02 Å². The second-order valence-corrected chi connectivity index (χ2v) is 14.6. The summed E-state index contributed by atoms with van der Waals surface area (Å²) in [7, 11) is -4.27. The Hall–Kier alpha value is -4.21. The number of hydrogen-bond donors (Lipinski definition) is 1. The minimum absolute atomic E-state index is 0.00155. The first-order valence-electron chi connectivity index (χ1n) is 14.9. The van der Waals surface area contributed by atoms with Gasteiger partial charge in [0.15, 0.2) is 0 Å². The molecule has 46 heavy (non-hydrogen) atoms. The molecule has 0 aromatic heterocycles. The van der Waals surface area contributed by atoms with Gasteiger partial charge >= 0.3 is 0 Å². The van der Waals surface area contributed by atoms with E-state index in [2.05, 4.69) is 5.32 Å². The number of nitrogens with zero attached hydrogens (tertiary/aromatic N) is 2. The maximum absolute atomic E-state index is 14.6. The number of carbonyl (C=O) groups excluding carboxylic acids is 2. The Balaban J connectivity index is 1.84. The van der Waals surface area contributed by atoms with Gasteiger partial charge < -0.3 is 10.2 Å². The van der Waals surface area contributed by atoms with Crippen molar-refractivity contribution < 1.29 is 22.4 Å². The highest BCUT2D eigenvalue weighted by Crippen LogP contribution is 2.31. The third-order valence-corrected chi connectivity index (χ3v) is 9.61. The van der Waals surface area contributed by atoms with E-state index in [1.54, 1.807) is 49.4 Å². The zero-order valence-corrected chi connectivity index (χ0v) is 28.2. The lowest BCUT2D eigenvalue weighted by Gasteiger charge is -2.35. The summed E-state index contributed by atoms with van der Waals surface area (Å²) in [6, 6.07) is 25.1. The van der Waals surface area contributed by atoms with Crippen molar-refractivity contribution in [2.45, 2.75) is 64.1 Å². The molecule has 0 aliphatic carbocycles. The zero-order valence-electron chi connectivity index (χ0n) is 26.6. The van der Waals surface area contributed by atoms with Crippen LogP contribution in [-0.2, 0) is 32.6 Å². The van der Waals surface area contributed by atoms with Crippen molar-refractivity contribution in [2.75, 3.05) is 10.8 Å². The molecule has 0 aliphatic heterocycles. The second kappa shape index (κ2) is 14.5. The van der Waals surface area contributed by atoms with Crippen molar-refractivity contribution in [2.24, 2.45) is 0 Å². The van der Waals surface area contributed by atoms with Crippen molar-refractivity contribution in [1.82, 2.24) is 10.2 Å². The van der Waals surface area contributed by atoms with Crippen LogP contribution >= 0.6 is 11.6 Å². The summed E-state index contributed by atoms with van der Waals surface area (Å²) in [6.45, 7) is 8.37. The van der Waals surface area contributed by atoms with Gasteiger partial charge in [0, 0.05) is 23.5 Å². The lowest BCUT2D eigenvalue weighted by atomic mass is 10.0. The van der Waals surface area contributed by atoms with Gasteiger partial charge in [0.25, 0.3) is 10.0 Å². The van der Waals surface area contributed by atoms with Crippen molar-refractivity contribution in [3.8, 4) is 0 Å². The predicted octanol–water partition coefficient (Wildman–Crippen LogP) is 6.85. The van der Waals surface area contributed by atoms with Gasteiger partial charge in [0.05, 0.1) is 10.6 Å². The zero-order chi connectivity index (χ0) is 33.6. The Morgan fingerprint density at radius 3 is 2.09 bits per heavy atom. The maximum Gasteiger partial charge on any atom is 0.264 e. The maximum atomic E-state index is 14.6. The summed E-state index contributed by atoms with van der Waals surface area (Å²) in [4.78, 5) is 29.9. The molecule has 4 rings (SSSR count). The molecule has 0 saturated carbocycles. The number of aryl methyl sites for hydroxylation is 1. The largest absolute Gasteiger partial charge is 0.350 e. The molecular formula is C36H39ClFN3O4S. The van der Waals surface area contributed by atoms with Crippen LogP contribution in [0.15, 0.2) is 102 Å². The molecule has 7 nitrogen and oxygen atoms in total. The molecule has 0 radical (unpaired) electrons. The normalized spacial score (nSPS) is 12.3. The van der Waals surface area contributed by atoms with Crippen LogP contribution in [-0.4, -0.2) is 43.3 Å². The van der Waals surface area contributed by atoms with Crippen LogP contribution in [0.1, 0.15) is 43.0 Å². The highest BCUT2D eigenvalue weighted by molar-refractivity contribution is 7.92. The molecule has 0 unspecified atom stereocenters. The van der Waals surface area contributed by atoms with E-state index in [1.807, 2.05) is 58.0 Å². The van der Waals surface area contributed by atoms with Crippen LogP contribution < -0.4 is 9.62 Å². The predicted molar refractivity (Wildman–Crippen MR) is 181 cm³/mol. The SMILES string of the molecule is Cc1ccc(S(=O)(=O)N(CC(=O)N(Cc2ccc(F)cc2)[C@@H](Cc2ccccc2)C(=O)NC(C)(C)C)c2cccc(Cl)c2C)cc1. The Morgan fingerprint density at radius 2 is 1.48 bits per heavy atom. The minimum atomic E-state index is -4.27.